The molecule has 0 amide bonds. The second-order valence-electron chi connectivity index (χ2n) is 2.56. The molecule has 13 heavy (non-hydrogen) atoms. The van der Waals surface area contributed by atoms with Gasteiger partial charge in [-0.3, -0.25) is 0 Å². The zero-order valence-electron chi connectivity index (χ0n) is 6.39. The smallest absolute Gasteiger partial charge is 0.282 e. The molecule has 2 aromatic rings. The molecule has 0 fully saturated rings. The minimum absolute atomic E-state index is 0.0648. The number of alkyl halides is 2. The van der Waals surface area contributed by atoms with Gasteiger partial charge in [0.25, 0.3) is 6.43 Å². The fourth-order valence-electron chi connectivity index (χ4n) is 1.21. The Morgan fingerprint density at radius 1 is 1.38 bits per heavy atom. The summed E-state index contributed by atoms with van der Waals surface area (Å²) in [5.74, 6) is -0.597. The van der Waals surface area contributed by atoms with Gasteiger partial charge in [-0.15, -0.1) is 0 Å². The lowest BCUT2D eigenvalue weighted by molar-refractivity contribution is 0.147. The minimum Gasteiger partial charge on any atom is -0.359 e. The van der Waals surface area contributed by atoms with Crippen molar-refractivity contribution in [2.75, 3.05) is 0 Å². The molecule has 0 aliphatic heterocycles. The predicted molar refractivity (Wildman–Crippen MR) is 41.0 cm³/mol. The van der Waals surface area contributed by atoms with Crippen LogP contribution in [0.4, 0.5) is 13.2 Å². The molecule has 0 aliphatic rings. The fraction of sp³-hybridized carbons (Fsp3) is 0.125. The summed E-state index contributed by atoms with van der Waals surface area (Å²) in [5.41, 5.74) is -0.351. The number of nitrogens with zero attached hydrogens (tertiary/aromatic N) is 1. The molecule has 0 aliphatic carbocycles. The Morgan fingerprint density at radius 3 is 2.85 bits per heavy atom. The number of aromatic nitrogens is 2. The zero-order chi connectivity index (χ0) is 9.42. The number of hydrogen-bond acceptors (Lipinski definition) is 1. The number of halogens is 3. The van der Waals surface area contributed by atoms with Crippen LogP contribution in [0.3, 0.4) is 0 Å². The molecule has 0 unspecified atom stereocenters. The average molecular weight is 186 g/mol. The van der Waals surface area contributed by atoms with Crippen LogP contribution in [0, 0.1) is 5.82 Å². The van der Waals surface area contributed by atoms with E-state index >= 15 is 0 Å². The maximum atomic E-state index is 12.9. The van der Waals surface area contributed by atoms with E-state index in [1.54, 1.807) is 0 Å². The molecule has 0 saturated heterocycles. The van der Waals surface area contributed by atoms with Gasteiger partial charge in [0, 0.05) is 11.6 Å². The third kappa shape index (κ3) is 1.16. The largest absolute Gasteiger partial charge is 0.359 e. The van der Waals surface area contributed by atoms with Crippen molar-refractivity contribution in [3.8, 4) is 0 Å². The van der Waals surface area contributed by atoms with Crippen LogP contribution in [0.25, 0.3) is 10.9 Å². The fourth-order valence-corrected chi connectivity index (χ4v) is 1.21. The standard InChI is InChI=1S/C8H5F3N2/c9-5-3-13-7(8(10)11)6-4(5)1-2-12-6/h1-3,8,12H. The summed E-state index contributed by atoms with van der Waals surface area (Å²) in [4.78, 5) is 5.85. The van der Waals surface area contributed by atoms with E-state index in [1.807, 2.05) is 0 Å². The number of hydrogen-bond donors (Lipinski definition) is 1. The summed E-state index contributed by atoms with van der Waals surface area (Å²) in [6, 6.07) is 1.40. The van der Waals surface area contributed by atoms with Crippen LogP contribution >= 0.6 is 0 Å². The SMILES string of the molecule is Fc1cnc(C(F)F)c2[nH]ccc12. The van der Waals surface area contributed by atoms with Gasteiger partial charge < -0.3 is 4.98 Å². The molecular weight excluding hydrogens is 181 g/mol. The molecule has 5 heteroatoms. The van der Waals surface area contributed by atoms with Crippen molar-refractivity contribution in [1.82, 2.24) is 9.97 Å². The van der Waals surface area contributed by atoms with Gasteiger partial charge in [0.15, 0.2) is 5.82 Å². The van der Waals surface area contributed by atoms with Gasteiger partial charge in [-0.05, 0) is 6.07 Å². The van der Waals surface area contributed by atoms with Crippen LogP contribution < -0.4 is 0 Å². The van der Waals surface area contributed by atoms with E-state index < -0.39 is 17.9 Å². The van der Waals surface area contributed by atoms with Crippen LogP contribution in [-0.4, -0.2) is 9.97 Å². The monoisotopic (exact) mass is 186 g/mol. The number of H-pyrrole nitrogens is 1. The van der Waals surface area contributed by atoms with Gasteiger partial charge in [-0.2, -0.15) is 0 Å². The highest BCUT2D eigenvalue weighted by Gasteiger charge is 2.15. The summed E-state index contributed by atoms with van der Waals surface area (Å²) < 4.78 is 37.5. The molecule has 0 aromatic carbocycles. The number of fused-ring (bicyclic) bond motifs is 1. The van der Waals surface area contributed by atoms with Gasteiger partial charge in [0.05, 0.1) is 11.7 Å². The van der Waals surface area contributed by atoms with Gasteiger partial charge in [0.2, 0.25) is 0 Å². The summed E-state index contributed by atoms with van der Waals surface area (Å²) >= 11 is 0. The lowest BCUT2D eigenvalue weighted by Crippen LogP contribution is -1.93. The van der Waals surface area contributed by atoms with Crippen LogP contribution in [0.1, 0.15) is 12.1 Å². The summed E-state index contributed by atoms with van der Waals surface area (Å²) in [6.07, 6.45) is -0.486. The average Bonchev–Trinajstić information content (AvgIpc) is 2.53. The molecule has 0 bridgehead atoms. The van der Waals surface area contributed by atoms with Crippen molar-refractivity contribution in [3.05, 3.63) is 30.0 Å². The second kappa shape index (κ2) is 2.76. The molecular formula is C8H5F3N2. The van der Waals surface area contributed by atoms with E-state index in [4.69, 9.17) is 0 Å². The van der Waals surface area contributed by atoms with Crippen molar-refractivity contribution >= 4 is 10.9 Å². The second-order valence-corrected chi connectivity index (χ2v) is 2.56. The summed E-state index contributed by atoms with van der Waals surface area (Å²) in [5, 5.41) is 0.144. The number of aromatic amines is 1. The lowest BCUT2D eigenvalue weighted by atomic mass is 10.2. The molecule has 2 nitrogen and oxygen atoms in total. The molecule has 2 rings (SSSR count). The normalized spacial score (nSPS) is 11.4. The Hall–Kier alpha value is -1.52. The number of rotatable bonds is 1. The molecule has 0 atom stereocenters. The van der Waals surface area contributed by atoms with Gasteiger partial charge in [-0.1, -0.05) is 0 Å². The third-order valence-corrected chi connectivity index (χ3v) is 1.78. The van der Waals surface area contributed by atoms with E-state index in [1.165, 1.54) is 12.3 Å². The van der Waals surface area contributed by atoms with E-state index in [9.17, 15) is 13.2 Å². The van der Waals surface area contributed by atoms with Crippen LogP contribution in [0.5, 0.6) is 0 Å². The Labute approximate surface area is 71.4 Å². The Bertz CT molecular complexity index is 436. The third-order valence-electron chi connectivity index (χ3n) is 1.78. The summed E-state index contributed by atoms with van der Waals surface area (Å²) in [7, 11) is 0. The van der Waals surface area contributed by atoms with Crippen molar-refractivity contribution in [2.45, 2.75) is 6.43 Å². The predicted octanol–water partition coefficient (Wildman–Crippen LogP) is 2.64. The van der Waals surface area contributed by atoms with E-state index in [-0.39, 0.29) is 10.9 Å². The topological polar surface area (TPSA) is 28.7 Å². The summed E-state index contributed by atoms with van der Waals surface area (Å²) in [6.45, 7) is 0. The van der Waals surface area contributed by atoms with E-state index in [0.29, 0.717) is 0 Å². The molecule has 68 valence electrons. The first-order valence-corrected chi connectivity index (χ1v) is 3.60. The first kappa shape index (κ1) is 8.10. The highest BCUT2D eigenvalue weighted by atomic mass is 19.3. The molecule has 1 N–H and O–H groups in total. The van der Waals surface area contributed by atoms with Crippen LogP contribution in [-0.2, 0) is 0 Å². The first-order valence-electron chi connectivity index (χ1n) is 3.60. The first-order chi connectivity index (χ1) is 6.20. The maximum absolute atomic E-state index is 12.9. The Morgan fingerprint density at radius 2 is 2.15 bits per heavy atom. The maximum Gasteiger partial charge on any atom is 0.282 e. The Kier molecular flexibility index (Phi) is 1.72. The quantitative estimate of drug-likeness (QED) is 0.728. The van der Waals surface area contributed by atoms with Crippen LogP contribution in [0.15, 0.2) is 18.5 Å². The minimum atomic E-state index is -2.69. The zero-order valence-corrected chi connectivity index (χ0v) is 6.39. The van der Waals surface area contributed by atoms with Crippen molar-refractivity contribution in [3.63, 3.8) is 0 Å². The Balaban J connectivity index is 2.78. The molecule has 0 radical (unpaired) electrons. The van der Waals surface area contributed by atoms with Crippen molar-refractivity contribution in [1.29, 1.82) is 0 Å². The van der Waals surface area contributed by atoms with Crippen molar-refractivity contribution in [2.24, 2.45) is 0 Å². The van der Waals surface area contributed by atoms with E-state index in [0.717, 1.165) is 6.20 Å². The number of pyridine rings is 1. The number of nitrogens with one attached hydrogen (secondary N) is 1. The van der Waals surface area contributed by atoms with Crippen LogP contribution in [0.2, 0.25) is 0 Å². The highest BCUT2D eigenvalue weighted by molar-refractivity contribution is 5.81. The van der Waals surface area contributed by atoms with E-state index in [2.05, 4.69) is 9.97 Å². The molecule has 0 spiro atoms. The van der Waals surface area contributed by atoms with Crippen molar-refractivity contribution < 1.29 is 13.2 Å². The van der Waals surface area contributed by atoms with Gasteiger partial charge in [-0.25, -0.2) is 18.2 Å². The molecule has 2 aromatic heterocycles. The molecule has 2 heterocycles. The molecule has 0 saturated carbocycles. The highest BCUT2D eigenvalue weighted by Crippen LogP contribution is 2.25. The van der Waals surface area contributed by atoms with Gasteiger partial charge in [0.1, 0.15) is 5.69 Å². The van der Waals surface area contributed by atoms with Gasteiger partial charge >= 0.3 is 0 Å². The lowest BCUT2D eigenvalue weighted by Gasteiger charge is -2.00.